The van der Waals surface area contributed by atoms with E-state index < -0.39 is 14.2 Å². The second-order valence-electron chi connectivity index (χ2n) is 11.1. The van der Waals surface area contributed by atoms with Gasteiger partial charge in [0.15, 0.2) is 8.32 Å². The SMILES string of the molecule is Cc1cc2cnn(CCO[Si](C)(C)C(C)(C)C)c2cc1NC(=O)C1=CNC(=O)C[C@H]1c1ccc(F)cc1. The number of rotatable bonds is 7. The Morgan fingerprint density at radius 1 is 1.24 bits per heavy atom. The molecule has 37 heavy (non-hydrogen) atoms. The van der Waals surface area contributed by atoms with Crippen molar-refractivity contribution in [2.45, 2.75) is 64.7 Å². The van der Waals surface area contributed by atoms with E-state index in [1.165, 1.54) is 18.3 Å². The van der Waals surface area contributed by atoms with E-state index in [4.69, 9.17) is 4.43 Å². The van der Waals surface area contributed by atoms with Gasteiger partial charge in [-0.25, -0.2) is 4.39 Å². The van der Waals surface area contributed by atoms with Crippen LogP contribution in [0.2, 0.25) is 18.1 Å². The van der Waals surface area contributed by atoms with Crippen molar-refractivity contribution in [3.05, 3.63) is 71.3 Å². The van der Waals surface area contributed by atoms with Gasteiger partial charge in [-0.05, 0) is 60.4 Å². The highest BCUT2D eigenvalue weighted by atomic mass is 28.4. The van der Waals surface area contributed by atoms with E-state index in [0.717, 1.165) is 16.5 Å². The summed E-state index contributed by atoms with van der Waals surface area (Å²) in [6.45, 7) is 14.2. The van der Waals surface area contributed by atoms with Crippen molar-refractivity contribution in [2.24, 2.45) is 0 Å². The average molecular weight is 523 g/mol. The fourth-order valence-corrected chi connectivity index (χ4v) is 5.21. The van der Waals surface area contributed by atoms with Crippen molar-refractivity contribution in [1.82, 2.24) is 15.1 Å². The van der Waals surface area contributed by atoms with Crippen LogP contribution < -0.4 is 10.6 Å². The van der Waals surface area contributed by atoms with Gasteiger partial charge in [0.25, 0.3) is 5.91 Å². The molecule has 0 spiro atoms. The predicted molar refractivity (Wildman–Crippen MR) is 146 cm³/mol. The molecule has 0 fully saturated rings. The highest BCUT2D eigenvalue weighted by Gasteiger charge is 2.37. The van der Waals surface area contributed by atoms with Gasteiger partial charge in [0.1, 0.15) is 5.82 Å². The van der Waals surface area contributed by atoms with Crippen LogP contribution >= 0.6 is 0 Å². The van der Waals surface area contributed by atoms with Crippen LogP contribution in [-0.4, -0.2) is 36.5 Å². The number of hydrogen-bond donors (Lipinski definition) is 2. The minimum atomic E-state index is -1.86. The van der Waals surface area contributed by atoms with Crippen molar-refractivity contribution in [2.75, 3.05) is 11.9 Å². The monoisotopic (exact) mass is 522 g/mol. The van der Waals surface area contributed by atoms with Crippen LogP contribution in [0.5, 0.6) is 0 Å². The van der Waals surface area contributed by atoms with E-state index in [1.807, 2.05) is 29.9 Å². The van der Waals surface area contributed by atoms with Gasteiger partial charge in [-0.2, -0.15) is 5.10 Å². The van der Waals surface area contributed by atoms with Crippen molar-refractivity contribution >= 4 is 36.7 Å². The lowest BCUT2D eigenvalue weighted by Gasteiger charge is -2.36. The number of aryl methyl sites for hydroxylation is 1. The summed E-state index contributed by atoms with van der Waals surface area (Å²) in [4.78, 5) is 25.4. The molecule has 2 aromatic carbocycles. The lowest BCUT2D eigenvalue weighted by molar-refractivity contribution is -0.121. The third-order valence-corrected chi connectivity index (χ3v) is 12.0. The van der Waals surface area contributed by atoms with Crippen LogP contribution in [0.25, 0.3) is 10.9 Å². The molecule has 4 rings (SSSR count). The summed E-state index contributed by atoms with van der Waals surface area (Å²) in [7, 11) is -1.86. The Morgan fingerprint density at radius 3 is 2.62 bits per heavy atom. The Hall–Kier alpha value is -3.30. The van der Waals surface area contributed by atoms with Crippen LogP contribution in [0.3, 0.4) is 0 Å². The van der Waals surface area contributed by atoms with Crippen molar-refractivity contribution in [1.29, 1.82) is 0 Å². The average Bonchev–Trinajstić information content (AvgIpc) is 3.20. The number of nitrogens with one attached hydrogen (secondary N) is 2. The first-order chi connectivity index (χ1) is 17.4. The van der Waals surface area contributed by atoms with Gasteiger partial charge in [-0.3, -0.25) is 14.3 Å². The zero-order valence-corrected chi connectivity index (χ0v) is 23.3. The zero-order valence-electron chi connectivity index (χ0n) is 22.3. The standard InChI is InChI=1S/C28H35FN4O3Si/c1-18-13-20-16-31-33(11-12-36-37(5,6)28(2,3)4)25(20)15-24(18)32-27(35)23-17-30-26(34)14-22(23)19-7-9-21(29)10-8-19/h7-10,13,15-17,22H,11-12,14H2,1-6H3,(H,30,34)(H,32,35)/t22-/m0/s1. The van der Waals surface area contributed by atoms with Crippen LogP contribution in [-0.2, 0) is 20.6 Å². The summed E-state index contributed by atoms with van der Waals surface area (Å²) < 4.78 is 21.7. The van der Waals surface area contributed by atoms with E-state index in [0.29, 0.717) is 30.0 Å². The quantitative estimate of drug-likeness (QED) is 0.394. The largest absolute Gasteiger partial charge is 0.415 e. The van der Waals surface area contributed by atoms with Gasteiger partial charge in [0, 0.05) is 35.2 Å². The number of hydrogen-bond acceptors (Lipinski definition) is 4. The number of nitrogens with zero attached hydrogens (tertiary/aromatic N) is 2. The molecule has 1 atom stereocenters. The number of aromatic nitrogens is 2. The lowest BCUT2D eigenvalue weighted by atomic mass is 9.86. The van der Waals surface area contributed by atoms with E-state index in [2.05, 4.69) is 49.6 Å². The van der Waals surface area contributed by atoms with Crippen LogP contribution in [0.1, 0.15) is 44.2 Å². The molecule has 196 valence electrons. The predicted octanol–water partition coefficient (Wildman–Crippen LogP) is 5.63. The molecular formula is C28H35FN4O3Si. The molecule has 0 saturated heterocycles. The van der Waals surface area contributed by atoms with E-state index in [9.17, 15) is 14.0 Å². The number of carbonyl (C=O) groups is 2. The Balaban J connectivity index is 1.54. The maximum Gasteiger partial charge on any atom is 0.253 e. The first kappa shape index (κ1) is 26.8. The van der Waals surface area contributed by atoms with Crippen LogP contribution in [0, 0.1) is 12.7 Å². The maximum atomic E-state index is 13.5. The fraction of sp³-hybridized carbons (Fsp3) is 0.393. The number of anilines is 1. The smallest absolute Gasteiger partial charge is 0.253 e. The minimum Gasteiger partial charge on any atom is -0.415 e. The molecule has 0 unspecified atom stereocenters. The third-order valence-electron chi connectivity index (χ3n) is 7.50. The molecule has 7 nitrogen and oxygen atoms in total. The fourth-order valence-electron chi connectivity index (χ4n) is 4.18. The Morgan fingerprint density at radius 2 is 1.95 bits per heavy atom. The molecule has 2 amide bonds. The van der Waals surface area contributed by atoms with Crippen LogP contribution in [0.15, 0.2) is 54.4 Å². The molecule has 0 aliphatic carbocycles. The van der Waals surface area contributed by atoms with E-state index in [1.54, 1.807) is 12.1 Å². The second-order valence-corrected chi connectivity index (χ2v) is 15.9. The number of benzene rings is 2. The van der Waals surface area contributed by atoms with Gasteiger partial charge in [0.2, 0.25) is 5.91 Å². The minimum absolute atomic E-state index is 0.115. The summed E-state index contributed by atoms with van der Waals surface area (Å²) in [6, 6.07) is 9.83. The molecule has 1 aromatic heterocycles. The van der Waals surface area contributed by atoms with Crippen molar-refractivity contribution in [3.8, 4) is 0 Å². The topological polar surface area (TPSA) is 85.2 Å². The molecule has 2 N–H and O–H groups in total. The Labute approximate surface area is 218 Å². The first-order valence-corrected chi connectivity index (χ1v) is 15.4. The number of fused-ring (bicyclic) bond motifs is 1. The number of amides is 2. The molecule has 1 aliphatic heterocycles. The molecule has 1 aliphatic rings. The Kier molecular flexibility index (Phi) is 7.39. The molecule has 9 heteroatoms. The van der Waals surface area contributed by atoms with E-state index >= 15 is 0 Å². The first-order valence-electron chi connectivity index (χ1n) is 12.5. The molecule has 3 aromatic rings. The van der Waals surface area contributed by atoms with Crippen LogP contribution in [0.4, 0.5) is 10.1 Å². The summed E-state index contributed by atoms with van der Waals surface area (Å²) in [6.07, 6.45) is 3.39. The highest BCUT2D eigenvalue weighted by molar-refractivity contribution is 6.74. The zero-order chi connectivity index (χ0) is 27.0. The van der Waals surface area contributed by atoms with Gasteiger partial charge >= 0.3 is 0 Å². The lowest BCUT2D eigenvalue weighted by Crippen LogP contribution is -2.41. The number of carbonyl (C=O) groups excluding carboxylic acids is 2. The summed E-state index contributed by atoms with van der Waals surface area (Å²) >= 11 is 0. The maximum absolute atomic E-state index is 13.5. The highest BCUT2D eigenvalue weighted by Crippen LogP contribution is 2.36. The van der Waals surface area contributed by atoms with Crippen molar-refractivity contribution in [3.63, 3.8) is 0 Å². The molecule has 0 radical (unpaired) electrons. The van der Waals surface area contributed by atoms with E-state index in [-0.39, 0.29) is 29.1 Å². The molecule has 0 saturated carbocycles. The molecule has 0 bridgehead atoms. The molecular weight excluding hydrogens is 487 g/mol. The summed E-state index contributed by atoms with van der Waals surface area (Å²) in [5, 5.41) is 11.3. The molecule has 2 heterocycles. The van der Waals surface area contributed by atoms with Gasteiger partial charge < -0.3 is 15.1 Å². The number of halogens is 1. The Bertz CT molecular complexity index is 1360. The third kappa shape index (κ3) is 5.83. The summed E-state index contributed by atoms with van der Waals surface area (Å²) in [5.74, 6) is -1.33. The summed E-state index contributed by atoms with van der Waals surface area (Å²) in [5.41, 5.74) is 3.60. The van der Waals surface area contributed by atoms with Gasteiger partial charge in [-0.15, -0.1) is 0 Å². The van der Waals surface area contributed by atoms with Gasteiger partial charge in [-0.1, -0.05) is 32.9 Å². The normalized spacial score (nSPS) is 16.5. The second kappa shape index (κ2) is 10.2. The van der Waals surface area contributed by atoms with Crippen molar-refractivity contribution < 1.29 is 18.4 Å². The van der Waals surface area contributed by atoms with Gasteiger partial charge in [0.05, 0.1) is 24.9 Å².